The Hall–Kier alpha value is -1.35. The lowest BCUT2D eigenvalue weighted by atomic mass is 10.2. The van der Waals surface area contributed by atoms with Gasteiger partial charge in [-0.2, -0.15) is 0 Å². The first-order valence-electron chi connectivity index (χ1n) is 5.75. The second-order valence-corrected chi connectivity index (χ2v) is 5.22. The van der Waals surface area contributed by atoms with Crippen molar-refractivity contribution in [1.82, 2.24) is 4.98 Å². The topological polar surface area (TPSA) is 16.1 Å². The summed E-state index contributed by atoms with van der Waals surface area (Å²) in [7, 11) is 0. The molecule has 1 aliphatic rings. The van der Waals surface area contributed by atoms with Gasteiger partial charge in [0.1, 0.15) is 0 Å². The minimum Gasteiger partial charge on any atom is -0.367 e. The molecule has 3 heteroatoms. The van der Waals surface area contributed by atoms with E-state index in [9.17, 15) is 0 Å². The molecule has 0 amide bonds. The highest BCUT2D eigenvalue weighted by Gasteiger charge is 2.18. The van der Waals surface area contributed by atoms with E-state index in [0.717, 1.165) is 19.5 Å². The number of rotatable bonds is 2. The van der Waals surface area contributed by atoms with Gasteiger partial charge in [0.2, 0.25) is 0 Å². The Labute approximate surface area is 109 Å². The van der Waals surface area contributed by atoms with Crippen LogP contribution in [0.4, 0.5) is 5.69 Å². The summed E-state index contributed by atoms with van der Waals surface area (Å²) in [6, 6.07) is 10.7. The lowest BCUT2D eigenvalue weighted by Gasteiger charge is -2.19. The third-order valence-corrected chi connectivity index (χ3v) is 3.62. The molecular weight excluding hydrogens is 276 g/mol. The summed E-state index contributed by atoms with van der Waals surface area (Å²) in [5, 5.41) is 0. The number of pyridine rings is 1. The van der Waals surface area contributed by atoms with Crippen LogP contribution in [0.3, 0.4) is 0 Å². The molecule has 86 valence electrons. The number of hydrogen-bond donors (Lipinski definition) is 0. The van der Waals surface area contributed by atoms with Crippen molar-refractivity contribution in [2.45, 2.75) is 13.0 Å². The van der Waals surface area contributed by atoms with Crippen molar-refractivity contribution < 1.29 is 0 Å². The Morgan fingerprint density at radius 2 is 2.24 bits per heavy atom. The van der Waals surface area contributed by atoms with Crippen LogP contribution >= 0.6 is 15.9 Å². The second kappa shape index (κ2) is 4.49. The van der Waals surface area contributed by atoms with Crippen LogP contribution in [0.1, 0.15) is 11.1 Å². The molecule has 0 atom stereocenters. The smallest absolute Gasteiger partial charge is 0.0444 e. The van der Waals surface area contributed by atoms with E-state index in [1.54, 1.807) is 0 Å². The average Bonchev–Trinajstić information content (AvgIpc) is 2.73. The molecule has 0 aliphatic carbocycles. The molecule has 1 aromatic heterocycles. The van der Waals surface area contributed by atoms with Gasteiger partial charge in [-0.25, -0.2) is 0 Å². The van der Waals surface area contributed by atoms with E-state index in [1.165, 1.54) is 21.3 Å². The van der Waals surface area contributed by atoms with Crippen molar-refractivity contribution in [1.29, 1.82) is 0 Å². The van der Waals surface area contributed by atoms with E-state index in [4.69, 9.17) is 0 Å². The second-order valence-electron chi connectivity index (χ2n) is 4.31. The van der Waals surface area contributed by atoms with Crippen LogP contribution in [-0.4, -0.2) is 11.5 Å². The highest BCUT2D eigenvalue weighted by Crippen LogP contribution is 2.31. The van der Waals surface area contributed by atoms with Crippen molar-refractivity contribution in [3.05, 3.63) is 58.3 Å². The number of nitrogens with zero attached hydrogens (tertiary/aromatic N) is 2. The fraction of sp³-hybridized carbons (Fsp3) is 0.214. The molecule has 0 unspecified atom stereocenters. The Morgan fingerprint density at radius 3 is 3.06 bits per heavy atom. The van der Waals surface area contributed by atoms with E-state index in [2.05, 4.69) is 50.1 Å². The summed E-state index contributed by atoms with van der Waals surface area (Å²) < 4.78 is 1.17. The Kier molecular flexibility index (Phi) is 2.85. The SMILES string of the molecule is Brc1ccc2c(c1)CCN2Cc1cccnc1. The monoisotopic (exact) mass is 288 g/mol. The summed E-state index contributed by atoms with van der Waals surface area (Å²) in [4.78, 5) is 6.58. The Balaban J connectivity index is 1.85. The van der Waals surface area contributed by atoms with Crippen LogP contribution in [0.15, 0.2) is 47.2 Å². The largest absolute Gasteiger partial charge is 0.367 e. The lowest BCUT2D eigenvalue weighted by molar-refractivity contribution is 0.832. The van der Waals surface area contributed by atoms with Crippen molar-refractivity contribution in [2.75, 3.05) is 11.4 Å². The van der Waals surface area contributed by atoms with Gasteiger partial charge in [0, 0.05) is 35.6 Å². The summed E-state index contributed by atoms with van der Waals surface area (Å²) in [6.45, 7) is 2.04. The highest BCUT2D eigenvalue weighted by atomic mass is 79.9. The zero-order chi connectivity index (χ0) is 11.7. The third-order valence-electron chi connectivity index (χ3n) is 3.13. The average molecular weight is 289 g/mol. The molecule has 0 spiro atoms. The number of halogens is 1. The molecule has 2 aromatic rings. The molecule has 0 saturated carbocycles. The van der Waals surface area contributed by atoms with Gasteiger partial charge in [-0.05, 0) is 41.8 Å². The van der Waals surface area contributed by atoms with Gasteiger partial charge >= 0.3 is 0 Å². The third kappa shape index (κ3) is 2.20. The van der Waals surface area contributed by atoms with Gasteiger partial charge in [-0.3, -0.25) is 4.98 Å². The van der Waals surface area contributed by atoms with Crippen LogP contribution in [0.5, 0.6) is 0 Å². The van der Waals surface area contributed by atoms with Gasteiger partial charge in [-0.15, -0.1) is 0 Å². The van der Waals surface area contributed by atoms with Gasteiger partial charge in [0.25, 0.3) is 0 Å². The molecule has 2 heterocycles. The predicted molar refractivity (Wildman–Crippen MR) is 73.1 cm³/mol. The number of hydrogen-bond acceptors (Lipinski definition) is 2. The van der Waals surface area contributed by atoms with E-state index in [-0.39, 0.29) is 0 Å². The fourth-order valence-electron chi connectivity index (χ4n) is 2.31. The predicted octanol–water partition coefficient (Wildman–Crippen LogP) is 3.41. The van der Waals surface area contributed by atoms with Crippen molar-refractivity contribution in [2.24, 2.45) is 0 Å². The van der Waals surface area contributed by atoms with Gasteiger partial charge in [0.15, 0.2) is 0 Å². The van der Waals surface area contributed by atoms with Crippen LogP contribution in [-0.2, 0) is 13.0 Å². The van der Waals surface area contributed by atoms with Gasteiger partial charge in [-0.1, -0.05) is 22.0 Å². The molecule has 3 rings (SSSR count). The number of aromatic nitrogens is 1. The summed E-state index contributed by atoms with van der Waals surface area (Å²) in [5.74, 6) is 0. The van der Waals surface area contributed by atoms with Crippen molar-refractivity contribution in [3.8, 4) is 0 Å². The minimum absolute atomic E-state index is 0.947. The molecule has 0 N–H and O–H groups in total. The molecule has 2 nitrogen and oxygen atoms in total. The Morgan fingerprint density at radius 1 is 1.29 bits per heavy atom. The van der Waals surface area contributed by atoms with E-state index in [0.29, 0.717) is 0 Å². The van der Waals surface area contributed by atoms with Gasteiger partial charge in [0.05, 0.1) is 0 Å². The maximum absolute atomic E-state index is 4.16. The van der Waals surface area contributed by atoms with Crippen LogP contribution in [0.2, 0.25) is 0 Å². The highest BCUT2D eigenvalue weighted by molar-refractivity contribution is 9.10. The number of benzene rings is 1. The minimum atomic E-state index is 0.947. The molecule has 1 aliphatic heterocycles. The standard InChI is InChI=1S/C14H13BrN2/c15-13-3-4-14-12(8-13)5-7-17(14)10-11-2-1-6-16-9-11/h1-4,6,8-9H,5,7,10H2. The summed E-state index contributed by atoms with van der Waals surface area (Å²) in [5.41, 5.74) is 4.06. The van der Waals surface area contributed by atoms with Crippen molar-refractivity contribution in [3.63, 3.8) is 0 Å². The van der Waals surface area contributed by atoms with E-state index >= 15 is 0 Å². The van der Waals surface area contributed by atoms with Crippen LogP contribution in [0, 0.1) is 0 Å². The lowest BCUT2D eigenvalue weighted by Crippen LogP contribution is -2.19. The van der Waals surface area contributed by atoms with Crippen LogP contribution < -0.4 is 4.90 Å². The molecule has 0 radical (unpaired) electrons. The zero-order valence-electron chi connectivity index (χ0n) is 9.44. The first kappa shape index (κ1) is 10.8. The van der Waals surface area contributed by atoms with E-state index < -0.39 is 0 Å². The molecular formula is C14H13BrN2. The molecule has 0 bridgehead atoms. The maximum atomic E-state index is 4.16. The molecule has 0 saturated heterocycles. The van der Waals surface area contributed by atoms with Gasteiger partial charge < -0.3 is 4.90 Å². The molecule has 1 aromatic carbocycles. The number of anilines is 1. The summed E-state index contributed by atoms with van der Waals surface area (Å²) in [6.07, 6.45) is 4.89. The zero-order valence-corrected chi connectivity index (χ0v) is 11.0. The fourth-order valence-corrected chi connectivity index (χ4v) is 2.72. The van der Waals surface area contributed by atoms with Crippen LogP contribution in [0.25, 0.3) is 0 Å². The quantitative estimate of drug-likeness (QED) is 0.842. The van der Waals surface area contributed by atoms with Crippen molar-refractivity contribution >= 4 is 21.6 Å². The number of fused-ring (bicyclic) bond motifs is 1. The normalized spacial score (nSPS) is 13.8. The summed E-state index contributed by atoms with van der Waals surface area (Å²) >= 11 is 3.52. The van der Waals surface area contributed by atoms with E-state index in [1.807, 2.05) is 18.5 Å². The first-order valence-corrected chi connectivity index (χ1v) is 6.54. The maximum Gasteiger partial charge on any atom is 0.0444 e. The Bertz CT molecular complexity index is 525. The first-order chi connectivity index (χ1) is 8.33. The molecule has 0 fully saturated rings. The molecule has 17 heavy (non-hydrogen) atoms.